The van der Waals surface area contributed by atoms with Gasteiger partial charge in [-0.3, -0.25) is 0 Å². The van der Waals surface area contributed by atoms with Crippen molar-refractivity contribution in [1.29, 1.82) is 0 Å². The van der Waals surface area contributed by atoms with E-state index >= 15 is 0 Å². The summed E-state index contributed by atoms with van der Waals surface area (Å²) in [6, 6.07) is 8.96. The van der Waals surface area contributed by atoms with Gasteiger partial charge >= 0.3 is 0 Å². The van der Waals surface area contributed by atoms with Gasteiger partial charge in [-0.1, -0.05) is 37.6 Å². The molecule has 1 aromatic rings. The molecule has 0 saturated carbocycles. The summed E-state index contributed by atoms with van der Waals surface area (Å²) < 4.78 is 0. The Morgan fingerprint density at radius 3 is 2.24 bits per heavy atom. The number of benzene rings is 1. The van der Waals surface area contributed by atoms with Crippen LogP contribution in [0.15, 0.2) is 24.3 Å². The fourth-order valence-corrected chi connectivity index (χ4v) is 1.76. The summed E-state index contributed by atoms with van der Waals surface area (Å²) in [7, 11) is 0. The molecule has 0 spiro atoms. The highest BCUT2D eigenvalue weighted by Gasteiger charge is 1.98. The van der Waals surface area contributed by atoms with Crippen molar-refractivity contribution >= 4 is 0 Å². The number of hydrogen-bond donors (Lipinski definition) is 3. The molecule has 1 atom stereocenters. The third kappa shape index (κ3) is 5.82. The molecule has 0 aliphatic heterocycles. The standard InChI is InChI=1S/C14H25N3/c1-2-3-12-4-6-13(7-5-12)8-9-17-11-14(16)10-15/h4-7,14,17H,2-3,8-11,15-16H2,1H3. The van der Waals surface area contributed by atoms with Crippen LogP contribution in [0, 0.1) is 0 Å². The van der Waals surface area contributed by atoms with E-state index in [0.717, 1.165) is 19.5 Å². The lowest BCUT2D eigenvalue weighted by Crippen LogP contribution is -2.40. The minimum atomic E-state index is 0.0712. The van der Waals surface area contributed by atoms with Crippen LogP contribution in [0.5, 0.6) is 0 Å². The fraction of sp³-hybridized carbons (Fsp3) is 0.571. The van der Waals surface area contributed by atoms with Crippen LogP contribution >= 0.6 is 0 Å². The van der Waals surface area contributed by atoms with Gasteiger partial charge in [-0.05, 0) is 30.5 Å². The van der Waals surface area contributed by atoms with E-state index in [1.807, 2.05) is 0 Å². The molecule has 0 aliphatic carbocycles. The summed E-state index contributed by atoms with van der Waals surface area (Å²) in [5.41, 5.74) is 14.0. The Kier molecular flexibility index (Phi) is 6.86. The maximum absolute atomic E-state index is 5.72. The van der Waals surface area contributed by atoms with Crippen LogP contribution < -0.4 is 16.8 Å². The summed E-state index contributed by atoms with van der Waals surface area (Å²) in [4.78, 5) is 0. The predicted molar refractivity (Wildman–Crippen MR) is 74.0 cm³/mol. The van der Waals surface area contributed by atoms with Crippen molar-refractivity contribution in [2.24, 2.45) is 11.5 Å². The third-order valence-electron chi connectivity index (χ3n) is 2.86. The highest BCUT2D eigenvalue weighted by atomic mass is 14.9. The molecule has 0 bridgehead atoms. The van der Waals surface area contributed by atoms with Gasteiger partial charge in [0.05, 0.1) is 0 Å². The van der Waals surface area contributed by atoms with Crippen molar-refractivity contribution in [2.75, 3.05) is 19.6 Å². The molecule has 0 aromatic heterocycles. The molecule has 3 heteroatoms. The Bertz CT molecular complexity index is 295. The van der Waals surface area contributed by atoms with Crippen molar-refractivity contribution in [3.63, 3.8) is 0 Å². The lowest BCUT2D eigenvalue weighted by atomic mass is 10.1. The molecule has 17 heavy (non-hydrogen) atoms. The van der Waals surface area contributed by atoms with Gasteiger partial charge in [0, 0.05) is 19.1 Å². The SMILES string of the molecule is CCCc1ccc(CCNCC(N)CN)cc1. The van der Waals surface area contributed by atoms with E-state index in [4.69, 9.17) is 11.5 Å². The van der Waals surface area contributed by atoms with Crippen LogP contribution in [0.1, 0.15) is 24.5 Å². The van der Waals surface area contributed by atoms with Gasteiger partial charge < -0.3 is 16.8 Å². The van der Waals surface area contributed by atoms with Crippen molar-refractivity contribution in [2.45, 2.75) is 32.2 Å². The van der Waals surface area contributed by atoms with Crippen molar-refractivity contribution < 1.29 is 0 Å². The van der Waals surface area contributed by atoms with E-state index in [1.165, 1.54) is 24.0 Å². The molecule has 1 rings (SSSR count). The molecule has 5 N–H and O–H groups in total. The Labute approximate surface area is 105 Å². The van der Waals surface area contributed by atoms with E-state index in [0.29, 0.717) is 6.54 Å². The molecule has 1 unspecified atom stereocenters. The number of nitrogens with two attached hydrogens (primary N) is 2. The number of hydrogen-bond acceptors (Lipinski definition) is 3. The lowest BCUT2D eigenvalue weighted by Gasteiger charge is -2.10. The first-order chi connectivity index (χ1) is 8.26. The monoisotopic (exact) mass is 235 g/mol. The fourth-order valence-electron chi connectivity index (χ4n) is 1.76. The molecule has 96 valence electrons. The highest BCUT2D eigenvalue weighted by Crippen LogP contribution is 2.06. The summed E-state index contributed by atoms with van der Waals surface area (Å²) in [5.74, 6) is 0. The molecule has 0 amide bonds. The topological polar surface area (TPSA) is 64.1 Å². The summed E-state index contributed by atoms with van der Waals surface area (Å²) in [6.45, 7) is 4.50. The highest BCUT2D eigenvalue weighted by molar-refractivity contribution is 5.22. The molecule has 3 nitrogen and oxygen atoms in total. The minimum absolute atomic E-state index is 0.0712. The van der Waals surface area contributed by atoms with Crippen molar-refractivity contribution in [1.82, 2.24) is 5.32 Å². The zero-order valence-corrected chi connectivity index (χ0v) is 10.8. The van der Waals surface area contributed by atoms with E-state index in [-0.39, 0.29) is 6.04 Å². The zero-order valence-electron chi connectivity index (χ0n) is 10.8. The van der Waals surface area contributed by atoms with Crippen LogP contribution in [0.25, 0.3) is 0 Å². The second-order valence-electron chi connectivity index (χ2n) is 4.52. The van der Waals surface area contributed by atoms with Crippen LogP contribution in [0.2, 0.25) is 0 Å². The van der Waals surface area contributed by atoms with Gasteiger partial charge in [-0.25, -0.2) is 0 Å². The van der Waals surface area contributed by atoms with Crippen LogP contribution in [-0.4, -0.2) is 25.7 Å². The Morgan fingerprint density at radius 2 is 1.71 bits per heavy atom. The zero-order chi connectivity index (χ0) is 12.5. The molecule has 0 saturated heterocycles. The van der Waals surface area contributed by atoms with Gasteiger partial charge in [0.2, 0.25) is 0 Å². The molecule has 0 fully saturated rings. The largest absolute Gasteiger partial charge is 0.329 e. The number of aryl methyl sites for hydroxylation is 1. The smallest absolute Gasteiger partial charge is 0.0290 e. The van der Waals surface area contributed by atoms with Crippen molar-refractivity contribution in [3.8, 4) is 0 Å². The maximum atomic E-state index is 5.72. The Balaban J connectivity index is 2.23. The van der Waals surface area contributed by atoms with E-state index < -0.39 is 0 Å². The Hall–Kier alpha value is -0.900. The first-order valence-corrected chi connectivity index (χ1v) is 6.50. The first kappa shape index (κ1) is 14.2. The van der Waals surface area contributed by atoms with Crippen molar-refractivity contribution in [3.05, 3.63) is 35.4 Å². The maximum Gasteiger partial charge on any atom is 0.0290 e. The average molecular weight is 235 g/mol. The van der Waals surface area contributed by atoms with Crippen LogP contribution in [-0.2, 0) is 12.8 Å². The normalized spacial score (nSPS) is 12.6. The predicted octanol–water partition coefficient (Wildman–Crippen LogP) is 1.06. The molecule has 0 aliphatic rings. The second-order valence-corrected chi connectivity index (χ2v) is 4.52. The van der Waals surface area contributed by atoms with Gasteiger partial charge in [0.15, 0.2) is 0 Å². The van der Waals surface area contributed by atoms with Gasteiger partial charge in [0.1, 0.15) is 0 Å². The summed E-state index contributed by atoms with van der Waals surface area (Å²) in [6.07, 6.45) is 3.42. The van der Waals surface area contributed by atoms with Gasteiger partial charge in [-0.15, -0.1) is 0 Å². The van der Waals surface area contributed by atoms with E-state index in [1.54, 1.807) is 0 Å². The Morgan fingerprint density at radius 1 is 1.12 bits per heavy atom. The number of rotatable bonds is 8. The minimum Gasteiger partial charge on any atom is -0.329 e. The third-order valence-corrected chi connectivity index (χ3v) is 2.86. The van der Waals surface area contributed by atoms with Crippen LogP contribution in [0.4, 0.5) is 0 Å². The van der Waals surface area contributed by atoms with Gasteiger partial charge in [-0.2, -0.15) is 0 Å². The molecular formula is C14H25N3. The number of nitrogens with one attached hydrogen (secondary N) is 1. The average Bonchev–Trinajstić information content (AvgIpc) is 2.36. The second kappa shape index (κ2) is 8.23. The molecular weight excluding hydrogens is 210 g/mol. The summed E-state index contributed by atoms with van der Waals surface area (Å²) in [5, 5.41) is 3.32. The summed E-state index contributed by atoms with van der Waals surface area (Å²) >= 11 is 0. The molecule has 0 radical (unpaired) electrons. The van der Waals surface area contributed by atoms with E-state index in [2.05, 4.69) is 36.5 Å². The lowest BCUT2D eigenvalue weighted by molar-refractivity contribution is 0.583. The quantitative estimate of drug-likeness (QED) is 0.590. The van der Waals surface area contributed by atoms with Gasteiger partial charge in [0.25, 0.3) is 0 Å². The molecule has 0 heterocycles. The first-order valence-electron chi connectivity index (χ1n) is 6.50. The van der Waals surface area contributed by atoms with Crippen LogP contribution in [0.3, 0.4) is 0 Å². The van der Waals surface area contributed by atoms with E-state index in [9.17, 15) is 0 Å². The molecule has 1 aromatic carbocycles.